The molecule has 0 heterocycles. The fourth-order valence-electron chi connectivity index (χ4n) is 1.12. The van der Waals surface area contributed by atoms with Crippen LogP contribution >= 0.6 is 12.0 Å². The van der Waals surface area contributed by atoms with Crippen LogP contribution in [0.2, 0.25) is 0 Å². The van der Waals surface area contributed by atoms with Crippen LogP contribution in [-0.2, 0) is 10.6 Å². The second kappa shape index (κ2) is 6.02. The van der Waals surface area contributed by atoms with Crippen molar-refractivity contribution in [2.24, 2.45) is 0 Å². The van der Waals surface area contributed by atoms with Gasteiger partial charge in [0.2, 0.25) is 0 Å². The molecule has 0 fully saturated rings. The quantitative estimate of drug-likeness (QED) is 0.730. The Balaban J connectivity index is 2.56. The molecular weight excluding hydrogens is 182 g/mol. The maximum Gasteiger partial charge on any atom is 0.0508 e. The first kappa shape index (κ1) is 10.6. The van der Waals surface area contributed by atoms with Gasteiger partial charge in [0, 0.05) is 16.9 Å². The van der Waals surface area contributed by atoms with Crippen molar-refractivity contribution in [3.8, 4) is 0 Å². The number of hydrogen-bond donors (Lipinski definition) is 1. The van der Waals surface area contributed by atoms with Crippen LogP contribution in [0.5, 0.6) is 0 Å². The van der Waals surface area contributed by atoms with Crippen LogP contribution in [0.3, 0.4) is 0 Å². The van der Waals surface area contributed by atoms with E-state index < -0.39 is 0 Å². The number of nitrogens with one attached hydrogen (secondary N) is 1. The Kier molecular flexibility index (Phi) is 4.90. The van der Waals surface area contributed by atoms with E-state index in [0.717, 1.165) is 17.9 Å². The van der Waals surface area contributed by atoms with E-state index in [0.29, 0.717) is 0 Å². The van der Waals surface area contributed by atoms with Gasteiger partial charge in [-0.3, -0.25) is 0 Å². The molecule has 0 spiro atoms. The zero-order valence-electron chi connectivity index (χ0n) is 8.04. The monoisotopic (exact) mass is 197 g/mol. The summed E-state index contributed by atoms with van der Waals surface area (Å²) in [4.78, 5) is 1.16. The molecule has 1 N–H and O–H groups in total. The van der Waals surface area contributed by atoms with Gasteiger partial charge in [-0.1, -0.05) is 12.1 Å². The third-order valence-corrected chi connectivity index (χ3v) is 2.35. The van der Waals surface area contributed by atoms with Crippen LogP contribution in [0.1, 0.15) is 5.56 Å². The fourth-order valence-corrected chi connectivity index (χ4v) is 1.64. The summed E-state index contributed by atoms with van der Waals surface area (Å²) in [5.74, 6) is 0. The van der Waals surface area contributed by atoms with E-state index in [4.69, 9.17) is 4.18 Å². The molecule has 1 aromatic carbocycles. The van der Waals surface area contributed by atoms with E-state index in [2.05, 4.69) is 29.6 Å². The minimum atomic E-state index is 1.01. The summed E-state index contributed by atoms with van der Waals surface area (Å²) in [6.45, 7) is 1.01. The van der Waals surface area contributed by atoms with Crippen molar-refractivity contribution in [3.63, 3.8) is 0 Å². The molecule has 0 atom stereocenters. The Morgan fingerprint density at radius 3 is 3.00 bits per heavy atom. The van der Waals surface area contributed by atoms with E-state index in [1.807, 2.05) is 7.05 Å². The molecule has 3 heteroatoms. The lowest BCUT2D eigenvalue weighted by molar-refractivity contribution is 0.490. The molecule has 1 rings (SSSR count). The molecule has 0 amide bonds. The molecule has 0 aromatic heterocycles. The molecular formula is C10H15NOS. The maximum atomic E-state index is 4.99. The van der Waals surface area contributed by atoms with Crippen molar-refractivity contribution in [2.75, 3.05) is 20.7 Å². The number of likely N-dealkylation sites (N-methyl/N-ethyl adjacent to an activating group) is 1. The van der Waals surface area contributed by atoms with Crippen molar-refractivity contribution in [1.29, 1.82) is 0 Å². The zero-order valence-corrected chi connectivity index (χ0v) is 8.86. The van der Waals surface area contributed by atoms with Crippen LogP contribution < -0.4 is 5.32 Å². The van der Waals surface area contributed by atoms with Gasteiger partial charge in [-0.25, -0.2) is 0 Å². The second-order valence-corrected chi connectivity index (χ2v) is 3.72. The Labute approximate surface area is 83.9 Å². The maximum absolute atomic E-state index is 4.99. The predicted octanol–water partition coefficient (Wildman–Crippen LogP) is 2.10. The molecule has 2 nitrogen and oxygen atoms in total. The molecule has 72 valence electrons. The molecule has 0 bridgehead atoms. The normalized spacial score (nSPS) is 10.3. The van der Waals surface area contributed by atoms with Gasteiger partial charge in [0.15, 0.2) is 0 Å². The molecule has 0 unspecified atom stereocenters. The first-order chi connectivity index (χ1) is 6.36. The van der Waals surface area contributed by atoms with E-state index in [9.17, 15) is 0 Å². The number of rotatable bonds is 5. The van der Waals surface area contributed by atoms with Gasteiger partial charge in [-0.15, -0.1) is 0 Å². The van der Waals surface area contributed by atoms with Crippen LogP contribution in [0, 0.1) is 0 Å². The Morgan fingerprint density at radius 1 is 1.46 bits per heavy atom. The Morgan fingerprint density at radius 2 is 2.31 bits per heavy atom. The largest absolute Gasteiger partial charge is 0.319 e. The lowest BCUT2D eigenvalue weighted by atomic mass is 10.1. The first-order valence-electron chi connectivity index (χ1n) is 4.31. The molecule has 0 saturated carbocycles. The highest BCUT2D eigenvalue weighted by Gasteiger charge is 1.95. The summed E-state index contributed by atoms with van der Waals surface area (Å²) in [5.41, 5.74) is 1.34. The van der Waals surface area contributed by atoms with Crippen molar-refractivity contribution in [1.82, 2.24) is 5.32 Å². The molecule has 0 aliphatic heterocycles. The summed E-state index contributed by atoms with van der Waals surface area (Å²) < 4.78 is 4.99. The fraction of sp³-hybridized carbons (Fsp3) is 0.400. The summed E-state index contributed by atoms with van der Waals surface area (Å²) in [5, 5.41) is 3.13. The number of benzene rings is 1. The molecule has 0 aliphatic carbocycles. The van der Waals surface area contributed by atoms with Gasteiger partial charge in [-0.05, 0) is 37.7 Å². The van der Waals surface area contributed by atoms with Crippen molar-refractivity contribution in [3.05, 3.63) is 29.8 Å². The van der Waals surface area contributed by atoms with E-state index in [-0.39, 0.29) is 0 Å². The van der Waals surface area contributed by atoms with Crippen LogP contribution in [-0.4, -0.2) is 20.7 Å². The zero-order chi connectivity index (χ0) is 9.52. The third-order valence-electron chi connectivity index (χ3n) is 1.74. The van der Waals surface area contributed by atoms with Crippen molar-refractivity contribution >= 4 is 12.0 Å². The second-order valence-electron chi connectivity index (χ2n) is 2.75. The molecule has 1 aromatic rings. The third kappa shape index (κ3) is 3.81. The van der Waals surface area contributed by atoms with Gasteiger partial charge in [-0.2, -0.15) is 0 Å². The van der Waals surface area contributed by atoms with Gasteiger partial charge in [0.1, 0.15) is 0 Å². The lowest BCUT2D eigenvalue weighted by Gasteiger charge is -2.02. The van der Waals surface area contributed by atoms with Crippen molar-refractivity contribution < 1.29 is 4.18 Å². The Bertz CT molecular complexity index is 252. The average molecular weight is 197 g/mol. The van der Waals surface area contributed by atoms with Gasteiger partial charge in [0.25, 0.3) is 0 Å². The van der Waals surface area contributed by atoms with E-state index >= 15 is 0 Å². The summed E-state index contributed by atoms with van der Waals surface area (Å²) in [7, 11) is 3.65. The minimum absolute atomic E-state index is 1.01. The van der Waals surface area contributed by atoms with Crippen LogP contribution in [0.15, 0.2) is 29.2 Å². The van der Waals surface area contributed by atoms with Crippen LogP contribution in [0.25, 0.3) is 0 Å². The highest BCUT2D eigenvalue weighted by atomic mass is 32.2. The standard InChI is InChI=1S/C10H15NOS/c1-11-7-6-9-4-3-5-10(8-9)13-12-2/h3-5,8,11H,6-7H2,1-2H3. The van der Waals surface area contributed by atoms with Gasteiger partial charge in [0.05, 0.1) is 7.11 Å². The first-order valence-corrected chi connectivity index (χ1v) is 5.05. The van der Waals surface area contributed by atoms with E-state index in [1.54, 1.807) is 7.11 Å². The topological polar surface area (TPSA) is 21.3 Å². The van der Waals surface area contributed by atoms with Gasteiger partial charge >= 0.3 is 0 Å². The molecule has 0 saturated heterocycles. The molecule has 0 aliphatic rings. The summed E-state index contributed by atoms with van der Waals surface area (Å²) in [6.07, 6.45) is 1.06. The molecule has 13 heavy (non-hydrogen) atoms. The van der Waals surface area contributed by atoms with Crippen molar-refractivity contribution in [2.45, 2.75) is 11.3 Å². The smallest absolute Gasteiger partial charge is 0.0508 e. The minimum Gasteiger partial charge on any atom is -0.319 e. The van der Waals surface area contributed by atoms with E-state index in [1.165, 1.54) is 17.6 Å². The SMILES string of the molecule is CNCCc1cccc(SOC)c1. The summed E-state index contributed by atoms with van der Waals surface area (Å²) in [6, 6.07) is 8.41. The lowest BCUT2D eigenvalue weighted by Crippen LogP contribution is -2.10. The van der Waals surface area contributed by atoms with Crippen LogP contribution in [0.4, 0.5) is 0 Å². The number of hydrogen-bond acceptors (Lipinski definition) is 3. The summed E-state index contributed by atoms with van der Waals surface area (Å²) >= 11 is 1.40. The average Bonchev–Trinajstić information content (AvgIpc) is 2.16. The predicted molar refractivity (Wildman–Crippen MR) is 56.9 cm³/mol. The highest BCUT2D eigenvalue weighted by Crippen LogP contribution is 2.18. The van der Waals surface area contributed by atoms with Gasteiger partial charge < -0.3 is 9.50 Å². The highest BCUT2D eigenvalue weighted by molar-refractivity contribution is 7.94. The molecule has 0 radical (unpaired) electrons. The Hall–Kier alpha value is -0.510.